The molecule has 0 bridgehead atoms. The Labute approximate surface area is 218 Å². The Morgan fingerprint density at radius 1 is 1.19 bits per heavy atom. The Morgan fingerprint density at radius 2 is 2.03 bits per heavy atom. The number of nitrogens with one attached hydrogen (secondary N) is 1. The number of ketones is 1. The molecule has 6 rings (SSSR count). The first-order valence-corrected chi connectivity index (χ1v) is 15.0. The molecule has 0 aromatic carbocycles. The summed E-state index contributed by atoms with van der Waals surface area (Å²) in [6.07, 6.45) is 12.9. The molecule has 1 N–H and O–H groups in total. The van der Waals surface area contributed by atoms with Gasteiger partial charge < -0.3 is 10.1 Å². The number of ether oxygens (including phenoxy) is 1. The van der Waals surface area contributed by atoms with Crippen LogP contribution in [0.25, 0.3) is 0 Å². The third kappa shape index (κ3) is 4.21. The van der Waals surface area contributed by atoms with Gasteiger partial charge in [-0.3, -0.25) is 14.5 Å². The number of carbonyl (C=O) groups is 2. The summed E-state index contributed by atoms with van der Waals surface area (Å²) in [4.78, 5) is 26.3. The number of fused-ring (bicyclic) bond motifs is 6. The van der Waals surface area contributed by atoms with Crippen molar-refractivity contribution in [2.45, 2.75) is 116 Å². The molecule has 200 valence electrons. The molecule has 0 radical (unpaired) electrons. The zero-order chi connectivity index (χ0) is 25.2. The Morgan fingerprint density at radius 3 is 2.83 bits per heavy atom. The van der Waals surface area contributed by atoms with Crippen molar-refractivity contribution in [3.8, 4) is 0 Å². The molecule has 36 heavy (non-hydrogen) atoms. The summed E-state index contributed by atoms with van der Waals surface area (Å²) in [5.74, 6) is 4.19. The third-order valence-corrected chi connectivity index (χ3v) is 11.8. The fourth-order valence-corrected chi connectivity index (χ4v) is 10.2. The summed E-state index contributed by atoms with van der Waals surface area (Å²) in [6, 6.07) is 0.493. The van der Waals surface area contributed by atoms with Crippen LogP contribution in [0.1, 0.15) is 98.3 Å². The lowest BCUT2D eigenvalue weighted by atomic mass is 9.52. The van der Waals surface area contributed by atoms with Gasteiger partial charge in [0.1, 0.15) is 5.78 Å². The van der Waals surface area contributed by atoms with E-state index in [0.29, 0.717) is 35.2 Å². The smallest absolute Gasteiger partial charge is 0.216 e. The molecule has 5 nitrogen and oxygen atoms in total. The van der Waals surface area contributed by atoms with Gasteiger partial charge in [-0.15, -0.1) is 0 Å². The standard InChI is InChI=1S/C31H48N2O3/c1-19-13-29-28(33(18-19)12-11-32-21(3)34)17-31(36-29)10-8-24-25-6-5-22-14-23(35)7-9-30(22,4)27(25)15-26(24)20(2)16-31/h19,22,24-25,27-29H,5-18H2,1-4H3,(H,32,34). The SMILES string of the molecule is CC(=O)NCCN1CC(C)CC2OC3(CCC4C(=C(C)C3)CC3C4CCC4CC(=O)CCC43C)CC21. The van der Waals surface area contributed by atoms with Gasteiger partial charge in [-0.05, 0) is 99.7 Å². The highest BCUT2D eigenvalue weighted by Crippen LogP contribution is 2.64. The number of amides is 1. The zero-order valence-corrected chi connectivity index (χ0v) is 23.1. The van der Waals surface area contributed by atoms with Gasteiger partial charge in [-0.1, -0.05) is 25.0 Å². The molecular weight excluding hydrogens is 448 g/mol. The number of piperidine rings is 1. The molecule has 0 aromatic heterocycles. The number of allylic oxidation sites excluding steroid dienone is 1. The van der Waals surface area contributed by atoms with Crippen LogP contribution in [0, 0.1) is 35.0 Å². The van der Waals surface area contributed by atoms with Crippen LogP contribution in [-0.2, 0) is 14.3 Å². The molecule has 9 atom stereocenters. The molecule has 5 fully saturated rings. The van der Waals surface area contributed by atoms with E-state index in [0.717, 1.165) is 69.5 Å². The molecule has 2 heterocycles. The van der Waals surface area contributed by atoms with Gasteiger partial charge >= 0.3 is 0 Å². The predicted octanol–water partition coefficient (Wildman–Crippen LogP) is 5.28. The monoisotopic (exact) mass is 496 g/mol. The maximum Gasteiger partial charge on any atom is 0.216 e. The van der Waals surface area contributed by atoms with Crippen LogP contribution in [0.3, 0.4) is 0 Å². The molecular formula is C31H48N2O3. The topological polar surface area (TPSA) is 58.6 Å². The second kappa shape index (κ2) is 9.22. The van der Waals surface area contributed by atoms with Gasteiger partial charge in [-0.2, -0.15) is 0 Å². The lowest BCUT2D eigenvalue weighted by molar-refractivity contribution is -0.129. The van der Waals surface area contributed by atoms with Crippen molar-refractivity contribution in [2.24, 2.45) is 35.0 Å². The van der Waals surface area contributed by atoms with Crippen molar-refractivity contribution in [2.75, 3.05) is 19.6 Å². The van der Waals surface area contributed by atoms with E-state index in [1.807, 2.05) is 0 Å². The zero-order valence-electron chi connectivity index (χ0n) is 23.1. The van der Waals surface area contributed by atoms with E-state index < -0.39 is 0 Å². The van der Waals surface area contributed by atoms with E-state index in [1.54, 1.807) is 18.1 Å². The van der Waals surface area contributed by atoms with Crippen LogP contribution >= 0.6 is 0 Å². The summed E-state index contributed by atoms with van der Waals surface area (Å²) < 4.78 is 7.09. The van der Waals surface area contributed by atoms with E-state index in [9.17, 15) is 9.59 Å². The van der Waals surface area contributed by atoms with Crippen molar-refractivity contribution >= 4 is 11.7 Å². The second-order valence-electron chi connectivity index (χ2n) is 14.1. The first kappa shape index (κ1) is 25.1. The molecule has 3 saturated carbocycles. The van der Waals surface area contributed by atoms with E-state index >= 15 is 0 Å². The van der Waals surface area contributed by atoms with E-state index in [4.69, 9.17) is 4.74 Å². The van der Waals surface area contributed by atoms with Crippen LogP contribution in [0.15, 0.2) is 11.1 Å². The van der Waals surface area contributed by atoms with Crippen LogP contribution in [-0.4, -0.2) is 54.0 Å². The summed E-state index contributed by atoms with van der Waals surface area (Å²) in [5, 5.41) is 3.01. The van der Waals surface area contributed by atoms with E-state index in [2.05, 4.69) is 31.0 Å². The van der Waals surface area contributed by atoms with Crippen molar-refractivity contribution in [3.63, 3.8) is 0 Å². The van der Waals surface area contributed by atoms with Gasteiger partial charge in [0, 0.05) is 45.4 Å². The number of rotatable bonds is 3. The van der Waals surface area contributed by atoms with Gasteiger partial charge in [0.05, 0.1) is 11.7 Å². The molecule has 6 aliphatic rings. The largest absolute Gasteiger partial charge is 0.370 e. The highest BCUT2D eigenvalue weighted by molar-refractivity contribution is 5.79. The van der Waals surface area contributed by atoms with Gasteiger partial charge in [0.15, 0.2) is 0 Å². The van der Waals surface area contributed by atoms with Crippen molar-refractivity contribution in [1.29, 1.82) is 0 Å². The van der Waals surface area contributed by atoms with Crippen molar-refractivity contribution in [1.82, 2.24) is 10.2 Å². The highest BCUT2D eigenvalue weighted by atomic mass is 16.5. The minimum atomic E-state index is 0.000922. The molecule has 1 spiro atoms. The fourth-order valence-electron chi connectivity index (χ4n) is 10.2. The van der Waals surface area contributed by atoms with Crippen LogP contribution in [0.2, 0.25) is 0 Å². The molecule has 5 heteroatoms. The number of likely N-dealkylation sites (tertiary alicyclic amines) is 1. The van der Waals surface area contributed by atoms with Gasteiger partial charge in [0.25, 0.3) is 0 Å². The Bertz CT molecular complexity index is 944. The number of Topliss-reactive ketones (excluding diaryl/α,β-unsaturated/α-hetero) is 1. The first-order valence-electron chi connectivity index (χ1n) is 15.0. The summed E-state index contributed by atoms with van der Waals surface area (Å²) in [6.45, 7) is 11.7. The predicted molar refractivity (Wildman–Crippen MR) is 141 cm³/mol. The average Bonchev–Trinajstić information content (AvgIpc) is 3.33. The number of hydrogen-bond acceptors (Lipinski definition) is 4. The van der Waals surface area contributed by atoms with Crippen LogP contribution in [0.4, 0.5) is 0 Å². The second-order valence-corrected chi connectivity index (χ2v) is 14.1. The summed E-state index contributed by atoms with van der Waals surface area (Å²) in [5.41, 5.74) is 3.79. The molecule has 2 aliphatic heterocycles. The maximum absolute atomic E-state index is 12.2. The lowest BCUT2D eigenvalue weighted by Crippen LogP contribution is -2.50. The Balaban J connectivity index is 1.20. The molecule has 4 aliphatic carbocycles. The Kier molecular flexibility index (Phi) is 6.43. The van der Waals surface area contributed by atoms with Crippen LogP contribution in [0.5, 0.6) is 0 Å². The molecule has 2 saturated heterocycles. The minimum absolute atomic E-state index is 0.000922. The molecule has 1 amide bonds. The molecule has 0 aromatic rings. The lowest BCUT2D eigenvalue weighted by Gasteiger charge is -2.52. The third-order valence-electron chi connectivity index (χ3n) is 11.8. The fraction of sp³-hybridized carbons (Fsp3) is 0.871. The number of nitrogens with zero attached hydrogens (tertiary/aromatic N) is 1. The van der Waals surface area contributed by atoms with Crippen molar-refractivity contribution < 1.29 is 14.3 Å². The molecule has 9 unspecified atom stereocenters. The maximum atomic E-state index is 12.2. The highest BCUT2D eigenvalue weighted by Gasteiger charge is 2.58. The summed E-state index contributed by atoms with van der Waals surface area (Å²) in [7, 11) is 0. The van der Waals surface area contributed by atoms with Gasteiger partial charge in [0.2, 0.25) is 5.91 Å². The van der Waals surface area contributed by atoms with E-state index in [-0.39, 0.29) is 11.5 Å². The first-order chi connectivity index (χ1) is 17.2. The number of hydrogen-bond donors (Lipinski definition) is 1. The normalized spacial score (nSPS) is 46.7. The van der Waals surface area contributed by atoms with E-state index in [1.165, 1.54) is 38.5 Å². The number of carbonyl (C=O) groups excluding carboxylic acids is 2. The minimum Gasteiger partial charge on any atom is -0.370 e. The average molecular weight is 497 g/mol. The van der Waals surface area contributed by atoms with Gasteiger partial charge in [-0.25, -0.2) is 0 Å². The Hall–Kier alpha value is -1.20. The summed E-state index contributed by atoms with van der Waals surface area (Å²) >= 11 is 0. The van der Waals surface area contributed by atoms with Crippen LogP contribution < -0.4 is 5.32 Å². The quantitative estimate of drug-likeness (QED) is 0.540. The van der Waals surface area contributed by atoms with Crippen molar-refractivity contribution in [3.05, 3.63) is 11.1 Å².